The van der Waals surface area contributed by atoms with Crippen LogP contribution in [-0.4, -0.2) is 37.9 Å². The van der Waals surface area contributed by atoms with Crippen molar-refractivity contribution in [2.75, 3.05) is 19.8 Å². The number of carbonyl (C=O) groups is 2. The van der Waals surface area contributed by atoms with E-state index in [0.29, 0.717) is 25.9 Å². The number of ether oxygens (including phenoxy) is 3. The minimum atomic E-state index is -0.576. The van der Waals surface area contributed by atoms with Crippen LogP contribution in [0.5, 0.6) is 0 Å². The molecule has 52 heavy (non-hydrogen) atoms. The summed E-state index contributed by atoms with van der Waals surface area (Å²) in [6.07, 6.45) is 54.6. The van der Waals surface area contributed by atoms with Gasteiger partial charge in [-0.25, -0.2) is 0 Å². The highest BCUT2D eigenvalue weighted by Gasteiger charge is 2.17. The minimum absolute atomic E-state index is 0.0477. The first-order valence-electron chi connectivity index (χ1n) is 21.1. The molecule has 0 radical (unpaired) electrons. The van der Waals surface area contributed by atoms with E-state index < -0.39 is 6.10 Å². The van der Waals surface area contributed by atoms with Crippen molar-refractivity contribution in [1.29, 1.82) is 0 Å². The van der Waals surface area contributed by atoms with Gasteiger partial charge in [0, 0.05) is 19.4 Å². The highest BCUT2D eigenvalue weighted by atomic mass is 16.6. The van der Waals surface area contributed by atoms with E-state index in [2.05, 4.69) is 99.8 Å². The third-order valence-corrected chi connectivity index (χ3v) is 8.44. The Bertz CT molecular complexity index is 999. The molecule has 1 atom stereocenters. The molecule has 0 spiro atoms. The molecule has 5 heteroatoms. The van der Waals surface area contributed by atoms with E-state index in [4.69, 9.17) is 14.2 Å². The molecule has 0 aliphatic heterocycles. The summed E-state index contributed by atoms with van der Waals surface area (Å²) in [6, 6.07) is 0. The highest BCUT2D eigenvalue weighted by molar-refractivity contribution is 5.70. The second kappa shape index (κ2) is 42.5. The third kappa shape index (κ3) is 39.9. The van der Waals surface area contributed by atoms with Crippen LogP contribution >= 0.6 is 0 Å². The predicted molar refractivity (Wildman–Crippen MR) is 223 cm³/mol. The maximum Gasteiger partial charge on any atom is 0.306 e. The standard InChI is InChI=1S/C47H78O5/c1-4-7-10-13-16-18-20-22-23-24-25-27-28-30-32-34-37-40-46(48)51-44-45(43-50-42-39-36-15-12-9-6-3)52-47(49)41-38-35-33-31-29-26-21-19-17-14-11-8-5-2/h7-8,10-11,16-19,22-23,26,29,33,35,45H,4-6,9,12-15,20-21,24-25,27-28,30-32,34,36-44H2,1-3H3/b10-7-,11-8-,18-16-,19-17-,23-22-,29-26-,35-33-. The Labute approximate surface area is 320 Å². The van der Waals surface area contributed by atoms with Crippen molar-refractivity contribution >= 4 is 11.9 Å². The summed E-state index contributed by atoms with van der Waals surface area (Å²) in [5.74, 6) is -0.512. The molecule has 5 nitrogen and oxygen atoms in total. The maximum atomic E-state index is 12.6. The Morgan fingerprint density at radius 3 is 1.46 bits per heavy atom. The minimum Gasteiger partial charge on any atom is -0.462 e. The van der Waals surface area contributed by atoms with Crippen molar-refractivity contribution in [2.45, 2.75) is 181 Å². The number of unbranched alkanes of at least 4 members (excludes halogenated alkanes) is 12. The summed E-state index contributed by atoms with van der Waals surface area (Å²) >= 11 is 0. The fourth-order valence-corrected chi connectivity index (χ4v) is 5.36. The van der Waals surface area contributed by atoms with E-state index in [1.807, 2.05) is 6.08 Å². The van der Waals surface area contributed by atoms with Gasteiger partial charge in [0.25, 0.3) is 0 Å². The topological polar surface area (TPSA) is 61.8 Å². The Kier molecular flexibility index (Phi) is 40.1. The number of carbonyl (C=O) groups excluding carboxylic acids is 2. The lowest BCUT2D eigenvalue weighted by molar-refractivity contribution is -0.162. The number of rotatable bonds is 37. The van der Waals surface area contributed by atoms with Gasteiger partial charge in [-0.1, -0.05) is 170 Å². The molecular formula is C47H78O5. The summed E-state index contributed by atoms with van der Waals surface area (Å²) in [4.78, 5) is 25.1. The van der Waals surface area contributed by atoms with Gasteiger partial charge in [0.2, 0.25) is 0 Å². The lowest BCUT2D eigenvalue weighted by Crippen LogP contribution is -2.30. The van der Waals surface area contributed by atoms with Crippen LogP contribution in [0.4, 0.5) is 0 Å². The van der Waals surface area contributed by atoms with E-state index >= 15 is 0 Å². The van der Waals surface area contributed by atoms with Gasteiger partial charge in [0.1, 0.15) is 6.61 Å². The predicted octanol–water partition coefficient (Wildman–Crippen LogP) is 13.8. The van der Waals surface area contributed by atoms with Crippen molar-refractivity contribution in [2.24, 2.45) is 0 Å². The molecule has 0 aromatic rings. The molecule has 0 bridgehead atoms. The van der Waals surface area contributed by atoms with Crippen LogP contribution in [0, 0.1) is 0 Å². The lowest BCUT2D eigenvalue weighted by Gasteiger charge is -2.18. The number of esters is 2. The van der Waals surface area contributed by atoms with Crippen LogP contribution in [0.1, 0.15) is 175 Å². The van der Waals surface area contributed by atoms with Crippen LogP contribution in [0.15, 0.2) is 85.1 Å². The van der Waals surface area contributed by atoms with E-state index in [1.165, 1.54) is 51.4 Å². The third-order valence-electron chi connectivity index (χ3n) is 8.44. The largest absolute Gasteiger partial charge is 0.462 e. The molecule has 0 amide bonds. The summed E-state index contributed by atoms with van der Waals surface area (Å²) in [5.41, 5.74) is 0. The summed E-state index contributed by atoms with van der Waals surface area (Å²) < 4.78 is 17.1. The molecule has 0 saturated heterocycles. The van der Waals surface area contributed by atoms with Gasteiger partial charge >= 0.3 is 11.9 Å². The van der Waals surface area contributed by atoms with Gasteiger partial charge in [-0.2, -0.15) is 0 Å². The van der Waals surface area contributed by atoms with Crippen LogP contribution in [0.3, 0.4) is 0 Å². The zero-order valence-electron chi connectivity index (χ0n) is 33.8. The first kappa shape index (κ1) is 49.1. The Morgan fingerprint density at radius 2 is 0.904 bits per heavy atom. The molecule has 0 aliphatic rings. The van der Waals surface area contributed by atoms with Gasteiger partial charge in [0.05, 0.1) is 6.61 Å². The number of hydrogen-bond acceptors (Lipinski definition) is 5. The second-order valence-corrected chi connectivity index (χ2v) is 13.5. The average molecular weight is 723 g/mol. The SMILES string of the molecule is CC/C=C\C/C=C\C/C=C\C/C=C\CCC(=O)OC(COCCCCCCCC)COC(=O)CCCCCCCCC/C=C\C/C=C\C/C=C\CC. The molecule has 1 unspecified atom stereocenters. The van der Waals surface area contributed by atoms with Crippen molar-refractivity contribution in [1.82, 2.24) is 0 Å². The first-order chi connectivity index (χ1) is 25.6. The van der Waals surface area contributed by atoms with Crippen LogP contribution < -0.4 is 0 Å². The van der Waals surface area contributed by atoms with Gasteiger partial charge in [-0.05, 0) is 77.0 Å². The lowest BCUT2D eigenvalue weighted by atomic mass is 10.1. The second-order valence-electron chi connectivity index (χ2n) is 13.5. The van der Waals surface area contributed by atoms with Gasteiger partial charge < -0.3 is 14.2 Å². The summed E-state index contributed by atoms with van der Waals surface area (Å²) in [6.45, 7) is 7.45. The summed E-state index contributed by atoms with van der Waals surface area (Å²) in [7, 11) is 0. The molecule has 0 heterocycles. The van der Waals surface area contributed by atoms with Crippen molar-refractivity contribution in [3.63, 3.8) is 0 Å². The number of hydrogen-bond donors (Lipinski definition) is 0. The molecule has 0 aromatic carbocycles. The van der Waals surface area contributed by atoms with E-state index in [-0.39, 0.29) is 25.2 Å². The van der Waals surface area contributed by atoms with Crippen LogP contribution in [0.2, 0.25) is 0 Å². The van der Waals surface area contributed by atoms with Gasteiger partial charge in [0.15, 0.2) is 6.10 Å². The summed E-state index contributed by atoms with van der Waals surface area (Å²) in [5, 5.41) is 0. The van der Waals surface area contributed by atoms with Crippen molar-refractivity contribution in [3.8, 4) is 0 Å². The monoisotopic (exact) mass is 723 g/mol. The Balaban J connectivity index is 4.25. The molecule has 0 aromatic heterocycles. The highest BCUT2D eigenvalue weighted by Crippen LogP contribution is 2.12. The molecule has 296 valence electrons. The molecule has 0 N–H and O–H groups in total. The smallest absolute Gasteiger partial charge is 0.306 e. The van der Waals surface area contributed by atoms with Crippen molar-refractivity contribution in [3.05, 3.63) is 85.1 Å². The normalized spacial score (nSPS) is 13.1. The van der Waals surface area contributed by atoms with Crippen LogP contribution in [-0.2, 0) is 23.8 Å². The van der Waals surface area contributed by atoms with E-state index in [1.54, 1.807) is 0 Å². The van der Waals surface area contributed by atoms with Gasteiger partial charge in [-0.3, -0.25) is 9.59 Å². The van der Waals surface area contributed by atoms with Crippen LogP contribution in [0.25, 0.3) is 0 Å². The van der Waals surface area contributed by atoms with E-state index in [9.17, 15) is 9.59 Å². The Hall–Kier alpha value is -2.92. The van der Waals surface area contributed by atoms with Crippen molar-refractivity contribution < 1.29 is 23.8 Å². The zero-order valence-corrected chi connectivity index (χ0v) is 33.8. The zero-order chi connectivity index (χ0) is 37.8. The molecule has 0 saturated carbocycles. The molecule has 0 aliphatic carbocycles. The molecule has 0 rings (SSSR count). The fourth-order valence-electron chi connectivity index (χ4n) is 5.36. The molecule has 0 fully saturated rings. The van der Waals surface area contributed by atoms with E-state index in [0.717, 1.165) is 83.5 Å². The number of allylic oxidation sites excluding steroid dienone is 14. The van der Waals surface area contributed by atoms with Gasteiger partial charge in [-0.15, -0.1) is 0 Å². The fraction of sp³-hybridized carbons (Fsp3) is 0.660. The molecular weight excluding hydrogens is 645 g/mol. The Morgan fingerprint density at radius 1 is 0.442 bits per heavy atom. The quantitative estimate of drug-likeness (QED) is 0.0363. The maximum absolute atomic E-state index is 12.6. The average Bonchev–Trinajstić information content (AvgIpc) is 3.14. The first-order valence-corrected chi connectivity index (χ1v) is 21.1.